The minimum Gasteiger partial charge on any atom is -0.453 e. The summed E-state index contributed by atoms with van der Waals surface area (Å²) in [5, 5.41) is 11.6. The molecule has 0 saturated carbocycles. The van der Waals surface area contributed by atoms with Crippen molar-refractivity contribution in [2.45, 2.75) is 19.3 Å². The van der Waals surface area contributed by atoms with Crippen LogP contribution in [0.1, 0.15) is 25.2 Å². The molecule has 0 aliphatic carbocycles. The largest absolute Gasteiger partial charge is 0.453 e. The number of carbonyl (C=O) groups is 1. The molecule has 3 rings (SSSR count). The number of fused-ring (bicyclic) bond motifs is 1. The fourth-order valence-corrected chi connectivity index (χ4v) is 2.30. The van der Waals surface area contributed by atoms with E-state index < -0.39 is 5.41 Å². The van der Waals surface area contributed by atoms with Crippen LogP contribution in [-0.2, 0) is 10.2 Å². The first kappa shape index (κ1) is 11.5. The van der Waals surface area contributed by atoms with E-state index in [0.29, 0.717) is 0 Å². The minimum absolute atomic E-state index is 0.00422. The van der Waals surface area contributed by atoms with Gasteiger partial charge in [0.05, 0.1) is 5.41 Å². The van der Waals surface area contributed by atoms with Crippen molar-refractivity contribution in [1.29, 1.82) is 5.26 Å². The van der Waals surface area contributed by atoms with Crippen molar-refractivity contribution in [2.24, 2.45) is 0 Å². The Bertz CT molecular complexity index is 720. The molecule has 4 nitrogen and oxygen atoms in total. The van der Waals surface area contributed by atoms with E-state index in [2.05, 4.69) is 5.32 Å². The number of hydrogen-bond donors (Lipinski definition) is 1. The zero-order chi connectivity index (χ0) is 13.6. The molecule has 2 aromatic rings. The maximum Gasteiger partial charge on any atom is 0.234 e. The maximum absolute atomic E-state index is 11.9. The average molecular weight is 252 g/mol. The Labute approximate surface area is 110 Å². The summed E-state index contributed by atoms with van der Waals surface area (Å²) in [6, 6.07) is 9.42. The molecule has 0 fully saturated rings. The molecule has 1 N–H and O–H groups in total. The summed E-state index contributed by atoms with van der Waals surface area (Å²) >= 11 is 0. The first-order valence-electron chi connectivity index (χ1n) is 5.97. The highest BCUT2D eigenvalue weighted by Crippen LogP contribution is 2.39. The molecule has 1 aliphatic rings. The van der Waals surface area contributed by atoms with Crippen molar-refractivity contribution >= 4 is 11.6 Å². The molecule has 0 unspecified atom stereocenters. The molecule has 0 spiro atoms. The van der Waals surface area contributed by atoms with Crippen molar-refractivity contribution in [3.05, 3.63) is 41.9 Å². The summed E-state index contributed by atoms with van der Waals surface area (Å²) in [4.78, 5) is 11.9. The van der Waals surface area contributed by atoms with Crippen molar-refractivity contribution in [3.8, 4) is 17.2 Å². The molecule has 1 aliphatic heterocycles. The third kappa shape index (κ3) is 1.63. The van der Waals surface area contributed by atoms with E-state index in [9.17, 15) is 4.79 Å². The summed E-state index contributed by atoms with van der Waals surface area (Å²) in [7, 11) is 0. The Hall–Kier alpha value is -2.54. The van der Waals surface area contributed by atoms with Crippen LogP contribution in [0, 0.1) is 11.3 Å². The van der Waals surface area contributed by atoms with Gasteiger partial charge < -0.3 is 9.73 Å². The molecule has 1 aromatic carbocycles. The van der Waals surface area contributed by atoms with Gasteiger partial charge in [-0.2, -0.15) is 5.26 Å². The number of anilines is 1. The fraction of sp³-hybridized carbons (Fsp3) is 0.200. The molecule has 4 heteroatoms. The lowest BCUT2D eigenvalue weighted by Gasteiger charge is -2.15. The molecule has 0 bridgehead atoms. The minimum atomic E-state index is -0.535. The van der Waals surface area contributed by atoms with Crippen LogP contribution in [0.25, 0.3) is 11.1 Å². The molecule has 19 heavy (non-hydrogen) atoms. The quantitative estimate of drug-likeness (QED) is 0.848. The van der Waals surface area contributed by atoms with E-state index in [-0.39, 0.29) is 11.7 Å². The van der Waals surface area contributed by atoms with Gasteiger partial charge in [0.2, 0.25) is 11.7 Å². The maximum atomic E-state index is 11.9. The van der Waals surface area contributed by atoms with Gasteiger partial charge in [0, 0.05) is 17.3 Å². The van der Waals surface area contributed by atoms with Crippen molar-refractivity contribution < 1.29 is 9.21 Å². The monoisotopic (exact) mass is 252 g/mol. The van der Waals surface area contributed by atoms with Crippen LogP contribution < -0.4 is 5.32 Å². The molecular weight excluding hydrogens is 240 g/mol. The third-order valence-electron chi connectivity index (χ3n) is 3.55. The number of hydrogen-bond acceptors (Lipinski definition) is 3. The molecule has 94 valence electrons. The smallest absolute Gasteiger partial charge is 0.234 e. The highest BCUT2D eigenvalue weighted by atomic mass is 16.3. The first-order chi connectivity index (χ1) is 9.02. The van der Waals surface area contributed by atoms with Crippen molar-refractivity contribution in [2.75, 3.05) is 5.32 Å². The summed E-state index contributed by atoms with van der Waals surface area (Å²) in [6.07, 6.45) is 1.55. The van der Waals surface area contributed by atoms with Gasteiger partial charge in [-0.25, -0.2) is 0 Å². The number of nitrogens with one attached hydrogen (secondary N) is 1. The van der Waals surface area contributed by atoms with Crippen LogP contribution in [0.2, 0.25) is 0 Å². The number of nitrogens with zero attached hydrogens (tertiary/aromatic N) is 1. The molecular formula is C15H12N2O2. The molecule has 0 saturated heterocycles. The second kappa shape index (κ2) is 3.72. The third-order valence-corrected chi connectivity index (χ3v) is 3.55. The number of furan rings is 1. The van der Waals surface area contributed by atoms with Crippen molar-refractivity contribution in [1.82, 2.24) is 0 Å². The Morgan fingerprint density at radius 2 is 2.05 bits per heavy atom. The fourth-order valence-electron chi connectivity index (χ4n) is 2.30. The van der Waals surface area contributed by atoms with Gasteiger partial charge in [-0.3, -0.25) is 4.79 Å². The van der Waals surface area contributed by atoms with Crippen LogP contribution in [0.5, 0.6) is 0 Å². The van der Waals surface area contributed by atoms with Gasteiger partial charge in [0.15, 0.2) is 0 Å². The SMILES string of the molecule is CC1(C)C(=O)Nc2ccc(-c3coc(C#N)c3)cc21. The number of carbonyl (C=O) groups excluding carboxylic acids is 1. The van der Waals surface area contributed by atoms with Gasteiger partial charge >= 0.3 is 0 Å². The first-order valence-corrected chi connectivity index (χ1v) is 5.97. The predicted octanol–water partition coefficient (Wildman–Crippen LogP) is 3.05. The van der Waals surface area contributed by atoms with E-state index >= 15 is 0 Å². The highest BCUT2D eigenvalue weighted by molar-refractivity contribution is 6.06. The van der Waals surface area contributed by atoms with E-state index in [0.717, 1.165) is 22.4 Å². The number of nitriles is 1. The van der Waals surface area contributed by atoms with Crippen LogP contribution in [0.3, 0.4) is 0 Å². The summed E-state index contributed by atoms with van der Waals surface area (Å²) < 4.78 is 5.12. The summed E-state index contributed by atoms with van der Waals surface area (Å²) in [6.45, 7) is 3.79. The Morgan fingerprint density at radius 1 is 1.26 bits per heavy atom. The number of benzene rings is 1. The summed E-state index contributed by atoms with van der Waals surface area (Å²) in [5.41, 5.74) is 3.06. The van der Waals surface area contributed by atoms with Gasteiger partial charge in [-0.05, 0) is 37.1 Å². The molecule has 0 radical (unpaired) electrons. The second-order valence-electron chi connectivity index (χ2n) is 5.15. The lowest BCUT2D eigenvalue weighted by atomic mass is 9.85. The predicted molar refractivity (Wildman–Crippen MR) is 70.5 cm³/mol. The van der Waals surface area contributed by atoms with E-state index in [1.165, 1.54) is 0 Å². The van der Waals surface area contributed by atoms with Crippen LogP contribution >= 0.6 is 0 Å². The van der Waals surface area contributed by atoms with Gasteiger partial charge in [-0.1, -0.05) is 6.07 Å². The van der Waals surface area contributed by atoms with E-state index in [1.54, 1.807) is 12.3 Å². The number of amides is 1. The van der Waals surface area contributed by atoms with Crippen LogP contribution in [-0.4, -0.2) is 5.91 Å². The molecule has 2 heterocycles. The van der Waals surface area contributed by atoms with Crippen molar-refractivity contribution in [3.63, 3.8) is 0 Å². The standard InChI is InChI=1S/C15H12N2O2/c1-15(2)12-6-9(3-4-13(12)17-14(15)18)10-5-11(7-16)19-8-10/h3-6,8H,1-2H3,(H,17,18). The molecule has 0 atom stereocenters. The topological polar surface area (TPSA) is 66.0 Å². The lowest BCUT2D eigenvalue weighted by Crippen LogP contribution is -2.26. The van der Waals surface area contributed by atoms with Crippen LogP contribution in [0.15, 0.2) is 34.9 Å². The second-order valence-corrected chi connectivity index (χ2v) is 5.15. The molecule has 1 amide bonds. The Kier molecular flexibility index (Phi) is 2.26. The van der Waals surface area contributed by atoms with E-state index in [1.807, 2.05) is 38.1 Å². The van der Waals surface area contributed by atoms with E-state index in [4.69, 9.17) is 9.68 Å². The highest BCUT2D eigenvalue weighted by Gasteiger charge is 2.38. The molecule has 1 aromatic heterocycles. The average Bonchev–Trinajstić information content (AvgIpc) is 2.94. The normalized spacial score (nSPS) is 15.7. The number of rotatable bonds is 1. The Balaban J connectivity index is 2.11. The lowest BCUT2D eigenvalue weighted by molar-refractivity contribution is -0.119. The van der Waals surface area contributed by atoms with Gasteiger partial charge in [0.25, 0.3) is 0 Å². The Morgan fingerprint density at radius 3 is 2.74 bits per heavy atom. The zero-order valence-corrected chi connectivity index (χ0v) is 10.7. The van der Waals surface area contributed by atoms with Crippen LogP contribution in [0.4, 0.5) is 5.69 Å². The summed E-state index contributed by atoms with van der Waals surface area (Å²) in [5.74, 6) is 0.286. The zero-order valence-electron chi connectivity index (χ0n) is 10.7. The van der Waals surface area contributed by atoms with Gasteiger partial charge in [-0.15, -0.1) is 0 Å². The van der Waals surface area contributed by atoms with Gasteiger partial charge in [0.1, 0.15) is 12.3 Å².